The topological polar surface area (TPSA) is 99.6 Å². The van der Waals surface area contributed by atoms with E-state index in [-0.39, 0.29) is 32.0 Å². The van der Waals surface area contributed by atoms with Gasteiger partial charge in [-0.25, -0.2) is 9.59 Å². The second kappa shape index (κ2) is 11.6. The molecule has 2 amide bonds. The molecule has 34 heavy (non-hydrogen) atoms. The van der Waals surface area contributed by atoms with Crippen molar-refractivity contribution < 1.29 is 29.0 Å². The average Bonchev–Trinajstić information content (AvgIpc) is 3.28. The number of rotatable bonds is 8. The number of hydrogen-bond donors (Lipinski definition) is 1. The van der Waals surface area contributed by atoms with Gasteiger partial charge in [0, 0.05) is 19.6 Å². The SMILES string of the molecule is COC(=O)N1C[C@@](C)(CN2CCCC2)N(C(=O)Cc2ccc(Cl)c(Cl)c2)C[C@H]1COCC(=O)O. The number of benzene rings is 1. The molecular weight excluding hydrogens is 485 g/mol. The number of halogens is 2. The molecule has 188 valence electrons. The van der Waals surface area contributed by atoms with Crippen LogP contribution in [0.15, 0.2) is 18.2 Å². The van der Waals surface area contributed by atoms with Gasteiger partial charge < -0.3 is 24.4 Å². The van der Waals surface area contributed by atoms with E-state index in [4.69, 9.17) is 37.8 Å². The van der Waals surface area contributed by atoms with Crippen LogP contribution in [0.4, 0.5) is 4.79 Å². The highest BCUT2D eigenvalue weighted by atomic mass is 35.5. The molecule has 3 rings (SSSR count). The predicted octanol–water partition coefficient (Wildman–Crippen LogP) is 2.77. The third-order valence-electron chi connectivity index (χ3n) is 6.34. The van der Waals surface area contributed by atoms with Gasteiger partial charge in [0.15, 0.2) is 0 Å². The highest BCUT2D eigenvalue weighted by Crippen LogP contribution is 2.30. The lowest BCUT2D eigenvalue weighted by molar-refractivity contribution is -0.149. The number of methoxy groups -OCH3 is 1. The minimum absolute atomic E-state index is 0.0300. The Kier molecular flexibility index (Phi) is 9.03. The lowest BCUT2D eigenvalue weighted by atomic mass is 9.91. The number of piperazine rings is 1. The number of hydrogen-bond acceptors (Lipinski definition) is 6. The summed E-state index contributed by atoms with van der Waals surface area (Å²) in [4.78, 5) is 42.8. The van der Waals surface area contributed by atoms with Gasteiger partial charge in [-0.15, -0.1) is 0 Å². The summed E-state index contributed by atoms with van der Waals surface area (Å²) in [5.74, 6) is -1.22. The van der Waals surface area contributed by atoms with Crippen molar-refractivity contribution >= 4 is 41.2 Å². The van der Waals surface area contributed by atoms with Crippen molar-refractivity contribution in [1.82, 2.24) is 14.7 Å². The van der Waals surface area contributed by atoms with Crippen molar-refractivity contribution in [1.29, 1.82) is 0 Å². The first-order valence-electron chi connectivity index (χ1n) is 11.2. The summed E-state index contributed by atoms with van der Waals surface area (Å²) in [6.45, 7) is 4.37. The molecule has 0 aromatic heterocycles. The maximum atomic E-state index is 13.6. The maximum Gasteiger partial charge on any atom is 0.409 e. The van der Waals surface area contributed by atoms with Gasteiger partial charge in [-0.2, -0.15) is 0 Å². The van der Waals surface area contributed by atoms with E-state index < -0.39 is 30.3 Å². The first kappa shape index (κ1) is 26.5. The van der Waals surface area contributed by atoms with Gasteiger partial charge in [-0.3, -0.25) is 9.69 Å². The molecule has 9 nitrogen and oxygen atoms in total. The van der Waals surface area contributed by atoms with Crippen LogP contribution < -0.4 is 0 Å². The molecular formula is C23H31Cl2N3O6. The number of aliphatic carboxylic acids is 1. The summed E-state index contributed by atoms with van der Waals surface area (Å²) in [6, 6.07) is 4.56. The highest BCUT2D eigenvalue weighted by molar-refractivity contribution is 6.42. The third kappa shape index (κ3) is 6.53. The number of carbonyl (C=O) groups is 3. The first-order chi connectivity index (χ1) is 16.1. The van der Waals surface area contributed by atoms with E-state index in [1.54, 1.807) is 28.0 Å². The molecule has 11 heteroatoms. The number of nitrogens with zero attached hydrogens (tertiary/aromatic N) is 3. The van der Waals surface area contributed by atoms with E-state index in [0.29, 0.717) is 16.6 Å². The van der Waals surface area contributed by atoms with Gasteiger partial charge >= 0.3 is 12.1 Å². The zero-order valence-corrected chi connectivity index (χ0v) is 21.0. The minimum Gasteiger partial charge on any atom is -0.480 e. The smallest absolute Gasteiger partial charge is 0.409 e. The normalized spacial score (nSPS) is 23.2. The van der Waals surface area contributed by atoms with Gasteiger partial charge in [0.1, 0.15) is 6.61 Å². The van der Waals surface area contributed by atoms with E-state index in [0.717, 1.165) is 31.5 Å². The Hall–Kier alpha value is -2.07. The fourth-order valence-corrected chi connectivity index (χ4v) is 5.07. The lowest BCUT2D eigenvalue weighted by Crippen LogP contribution is -2.70. The molecule has 1 aromatic carbocycles. The zero-order valence-electron chi connectivity index (χ0n) is 19.5. The Morgan fingerprint density at radius 1 is 1.18 bits per heavy atom. The zero-order chi connectivity index (χ0) is 24.9. The van der Waals surface area contributed by atoms with Crippen molar-refractivity contribution in [3.05, 3.63) is 33.8 Å². The van der Waals surface area contributed by atoms with E-state index >= 15 is 0 Å². The maximum absolute atomic E-state index is 13.6. The monoisotopic (exact) mass is 515 g/mol. The molecule has 1 aromatic rings. The summed E-state index contributed by atoms with van der Waals surface area (Å²) >= 11 is 12.2. The van der Waals surface area contributed by atoms with Crippen molar-refractivity contribution in [2.45, 2.75) is 37.8 Å². The van der Waals surface area contributed by atoms with Crippen LogP contribution in [0.25, 0.3) is 0 Å². The fraction of sp³-hybridized carbons (Fsp3) is 0.609. The van der Waals surface area contributed by atoms with Crippen molar-refractivity contribution in [2.24, 2.45) is 0 Å². The van der Waals surface area contributed by atoms with Gasteiger partial charge in [-0.1, -0.05) is 29.3 Å². The second-order valence-electron chi connectivity index (χ2n) is 9.07. The molecule has 2 saturated heterocycles. The minimum atomic E-state index is -1.10. The van der Waals surface area contributed by atoms with Crippen LogP contribution in [0.1, 0.15) is 25.3 Å². The van der Waals surface area contributed by atoms with E-state index in [1.807, 2.05) is 6.92 Å². The van der Waals surface area contributed by atoms with Crippen molar-refractivity contribution in [2.75, 3.05) is 53.0 Å². The average molecular weight is 516 g/mol. The Morgan fingerprint density at radius 2 is 1.88 bits per heavy atom. The second-order valence-corrected chi connectivity index (χ2v) is 9.88. The predicted molar refractivity (Wildman–Crippen MR) is 127 cm³/mol. The molecule has 0 bridgehead atoms. The molecule has 2 atom stereocenters. The van der Waals surface area contributed by atoms with Crippen LogP contribution in [-0.4, -0.2) is 102 Å². The van der Waals surface area contributed by atoms with Crippen LogP contribution in [-0.2, 0) is 25.5 Å². The number of carboxylic acids is 1. The Morgan fingerprint density at radius 3 is 2.50 bits per heavy atom. The molecule has 2 aliphatic rings. The summed E-state index contributed by atoms with van der Waals surface area (Å²) < 4.78 is 10.3. The summed E-state index contributed by atoms with van der Waals surface area (Å²) in [7, 11) is 1.30. The lowest BCUT2D eigenvalue weighted by Gasteiger charge is -2.53. The molecule has 2 aliphatic heterocycles. The van der Waals surface area contributed by atoms with Crippen LogP contribution in [0.5, 0.6) is 0 Å². The number of ether oxygens (including phenoxy) is 2. The van der Waals surface area contributed by atoms with E-state index in [9.17, 15) is 14.4 Å². The summed E-state index contributed by atoms with van der Waals surface area (Å²) in [5.41, 5.74) is 0.0618. The number of carbonyl (C=O) groups excluding carboxylic acids is 2. The van der Waals surface area contributed by atoms with Crippen LogP contribution in [0.2, 0.25) is 10.0 Å². The number of likely N-dealkylation sites (tertiary alicyclic amines) is 1. The van der Waals surface area contributed by atoms with Gasteiger partial charge in [0.25, 0.3) is 0 Å². The Bertz CT molecular complexity index is 911. The Labute approximate surface area is 209 Å². The Balaban J connectivity index is 1.86. The van der Waals surface area contributed by atoms with E-state index in [2.05, 4.69) is 4.90 Å². The van der Waals surface area contributed by atoms with Crippen LogP contribution >= 0.6 is 23.2 Å². The largest absolute Gasteiger partial charge is 0.480 e. The van der Waals surface area contributed by atoms with Crippen LogP contribution in [0.3, 0.4) is 0 Å². The molecule has 1 N–H and O–H groups in total. The highest BCUT2D eigenvalue weighted by Gasteiger charge is 2.47. The standard InChI is InChI=1S/C23H31Cl2N3O6/c1-23(14-26-7-3-4-8-26)15-27(22(32)33-2)17(12-34-13-21(30)31)11-28(23)20(29)10-16-5-6-18(24)19(25)9-16/h5-6,9,17H,3-4,7-8,10-15H2,1-2H3,(H,30,31)/t17-,23+/m0/s1. The van der Waals surface area contributed by atoms with Crippen LogP contribution in [0, 0.1) is 0 Å². The quantitative estimate of drug-likeness (QED) is 0.567. The molecule has 0 aliphatic carbocycles. The van der Waals surface area contributed by atoms with Gasteiger partial charge in [-0.05, 0) is 50.6 Å². The third-order valence-corrected chi connectivity index (χ3v) is 7.08. The molecule has 0 unspecified atom stereocenters. The number of carboxylic acid groups (broad SMARTS) is 1. The molecule has 0 spiro atoms. The fourth-order valence-electron chi connectivity index (χ4n) is 4.75. The van der Waals surface area contributed by atoms with E-state index in [1.165, 1.54) is 7.11 Å². The first-order valence-corrected chi connectivity index (χ1v) is 12.0. The molecule has 0 saturated carbocycles. The van der Waals surface area contributed by atoms with Crippen molar-refractivity contribution in [3.63, 3.8) is 0 Å². The molecule has 2 heterocycles. The molecule has 2 fully saturated rings. The molecule has 0 radical (unpaired) electrons. The summed E-state index contributed by atoms with van der Waals surface area (Å²) in [5, 5.41) is 9.73. The van der Waals surface area contributed by atoms with Crippen molar-refractivity contribution in [3.8, 4) is 0 Å². The van der Waals surface area contributed by atoms with Gasteiger partial charge in [0.2, 0.25) is 5.91 Å². The number of amides is 2. The van der Waals surface area contributed by atoms with Gasteiger partial charge in [0.05, 0.1) is 41.8 Å². The summed E-state index contributed by atoms with van der Waals surface area (Å²) in [6.07, 6.45) is 1.78.